The van der Waals surface area contributed by atoms with Gasteiger partial charge in [-0.2, -0.15) is 4.31 Å². The van der Waals surface area contributed by atoms with Crippen molar-refractivity contribution in [2.24, 2.45) is 35.5 Å². The first kappa shape index (κ1) is 75.2. The van der Waals surface area contributed by atoms with Gasteiger partial charge in [0.2, 0.25) is 46.3 Å². The highest BCUT2D eigenvalue weighted by Crippen LogP contribution is 2.43. The van der Waals surface area contributed by atoms with Crippen molar-refractivity contribution in [1.82, 2.24) is 14.2 Å². The summed E-state index contributed by atoms with van der Waals surface area (Å²) in [5, 5.41) is 40.3. The Kier molecular flexibility index (Phi) is 33.6. The zero-order chi connectivity index (χ0) is 65.5. The van der Waals surface area contributed by atoms with Crippen LogP contribution in [0, 0.1) is 35.5 Å². The molecule has 0 bridgehead atoms. The van der Waals surface area contributed by atoms with Crippen LogP contribution in [-0.4, -0.2) is 193 Å². The maximum Gasteiger partial charge on any atom is 0.373 e. The minimum Gasteiger partial charge on any atom is -0.497 e. The van der Waals surface area contributed by atoms with Crippen LogP contribution in [0.25, 0.3) is 10.9 Å². The smallest absolute Gasteiger partial charge is 0.373 e. The van der Waals surface area contributed by atoms with Crippen LogP contribution in [0.15, 0.2) is 108 Å². The Labute approximate surface area is 523 Å². The molecule has 0 aliphatic carbocycles. The van der Waals surface area contributed by atoms with E-state index in [1.807, 2.05) is 44.3 Å². The van der Waals surface area contributed by atoms with E-state index in [2.05, 4.69) is 39.6 Å². The molecule has 5 N–H and O–H groups in total. The molecule has 2 aromatic carbocycles. The molecule has 1 aromatic heterocycles. The predicted octanol–water partition coefficient (Wildman–Crippen LogP) is 6.79. The SMILES string of the molecule is C=CCOC(=O)C1=C[C@H](c2cn(C(C)=O)c3ccccc23)[C@H](CCCO)[C@H](OCC)O1.CCO[C@@H]1OC(C(=O)O)=C[C@H](C(C)C)[C@@H]1CCOCCOCCO.COCCNC(=O)C1=C[C@H](C(C)C)C[C@H](OCCN(CCO)S(=O)(=O)c2ccc(OC)cc2)O1. The van der Waals surface area contributed by atoms with Crippen LogP contribution in [0.2, 0.25) is 0 Å². The number of aliphatic hydroxyl groups excluding tert-OH is 3. The number of nitrogens with one attached hydrogen (secondary N) is 1. The summed E-state index contributed by atoms with van der Waals surface area (Å²) in [7, 11) is -0.791. The minimum absolute atomic E-state index is 0.00373. The third-order valence-corrected chi connectivity index (χ3v) is 16.7. The first-order valence-corrected chi connectivity index (χ1v) is 31.7. The lowest BCUT2D eigenvalue weighted by atomic mass is 9.79. The molecule has 1 amide bonds. The standard InChI is InChI=1S/C24H29NO6.C23H36N2O8S.C17H30O7/c1-4-13-30-23(28)22-14-19(18(10-8-12-26)24(31-22)29-5-2)20-15-25(16(3)27)21-11-7-6-9-17(20)21;1-17(2)18-15-21(23(27)24-9-13-30-3)33-22(16-18)32-14-11-25(10-12-26)34(28,29)20-7-5-19(31-4)6-8-20;1-4-23-17-13(5-7-21-9-10-22-8-6-18)14(12(2)3)11-15(24-17)16(19)20/h4,6-7,9,11,14-15,18-19,24,26H,1,5,8,10,12-13H2,2-3H3;5-8,15,17-18,22,26H,9-14,16H2,1-4H3,(H,24,27);11-14,17-18H,4-10H2,1-3H3,(H,19,20)/t18-,19-,24+;18-,22+;13-,14+,17+/m000/s1. The Morgan fingerprint density at radius 3 is 2.03 bits per heavy atom. The number of para-hydroxylation sites is 1. The highest BCUT2D eigenvalue weighted by molar-refractivity contribution is 7.89. The molecule has 498 valence electrons. The number of benzene rings is 2. The zero-order valence-corrected chi connectivity index (χ0v) is 53.8. The van der Waals surface area contributed by atoms with Gasteiger partial charge in [-0.15, -0.1) is 0 Å². The molecule has 0 spiro atoms. The number of esters is 1. The van der Waals surface area contributed by atoms with Gasteiger partial charge >= 0.3 is 11.9 Å². The molecule has 25 heteroatoms. The Balaban J connectivity index is 0.000000290. The molecule has 4 heterocycles. The van der Waals surface area contributed by atoms with Crippen molar-refractivity contribution in [3.05, 3.63) is 108 Å². The molecule has 0 saturated carbocycles. The van der Waals surface area contributed by atoms with E-state index in [1.165, 1.54) is 32.2 Å². The average molecular weight is 1270 g/mol. The van der Waals surface area contributed by atoms with E-state index in [0.717, 1.165) is 20.8 Å². The number of carbonyl (C=O) groups excluding carboxylic acids is 3. The first-order valence-electron chi connectivity index (χ1n) is 30.3. The third kappa shape index (κ3) is 23.2. The summed E-state index contributed by atoms with van der Waals surface area (Å²) in [5.74, 6) is -1.09. The van der Waals surface area contributed by atoms with Gasteiger partial charge in [-0.3, -0.25) is 14.2 Å². The third-order valence-electron chi connectivity index (χ3n) is 14.8. The van der Waals surface area contributed by atoms with Crippen LogP contribution in [0.4, 0.5) is 0 Å². The second-order valence-electron chi connectivity index (χ2n) is 21.6. The molecule has 3 aromatic rings. The van der Waals surface area contributed by atoms with Crippen LogP contribution >= 0.6 is 0 Å². The van der Waals surface area contributed by atoms with E-state index in [4.69, 9.17) is 57.2 Å². The molecule has 24 nitrogen and oxygen atoms in total. The van der Waals surface area contributed by atoms with Crippen LogP contribution in [0.5, 0.6) is 5.75 Å². The van der Waals surface area contributed by atoms with Crippen LogP contribution in [0.3, 0.4) is 0 Å². The number of aliphatic hydroxyl groups is 3. The number of nitrogens with zero attached hydrogens (tertiary/aromatic N) is 2. The Morgan fingerprint density at radius 2 is 1.44 bits per heavy atom. The maximum absolute atomic E-state index is 13.0. The van der Waals surface area contributed by atoms with Crippen molar-refractivity contribution in [2.45, 2.75) is 104 Å². The van der Waals surface area contributed by atoms with Gasteiger partial charge in [0.15, 0.2) is 5.76 Å². The van der Waals surface area contributed by atoms with Gasteiger partial charge in [-0.1, -0.05) is 58.5 Å². The van der Waals surface area contributed by atoms with Gasteiger partial charge in [-0.05, 0) is 111 Å². The van der Waals surface area contributed by atoms with E-state index in [0.29, 0.717) is 84.2 Å². The van der Waals surface area contributed by atoms with E-state index in [9.17, 15) is 42.9 Å². The van der Waals surface area contributed by atoms with E-state index < -0.39 is 40.8 Å². The number of aromatic nitrogens is 1. The normalized spacial score (nSPS) is 20.7. The van der Waals surface area contributed by atoms with E-state index in [1.54, 1.807) is 42.0 Å². The number of carboxylic acid groups (broad SMARTS) is 1. The maximum atomic E-state index is 13.0. The summed E-state index contributed by atoms with van der Waals surface area (Å²) in [4.78, 5) is 48.6. The summed E-state index contributed by atoms with van der Waals surface area (Å²) in [6.07, 6.45) is 9.02. The zero-order valence-electron chi connectivity index (χ0n) is 53.0. The molecule has 0 radical (unpaired) electrons. The summed E-state index contributed by atoms with van der Waals surface area (Å²) in [6, 6.07) is 13.7. The van der Waals surface area contributed by atoms with Crippen molar-refractivity contribution in [1.29, 1.82) is 0 Å². The number of carboxylic acids is 1. The number of hydrogen-bond acceptors (Lipinski definition) is 20. The van der Waals surface area contributed by atoms with E-state index >= 15 is 0 Å². The predicted molar refractivity (Wildman–Crippen MR) is 329 cm³/mol. The molecule has 0 unspecified atom stereocenters. The molecule has 3 aliphatic rings. The van der Waals surface area contributed by atoms with Crippen molar-refractivity contribution >= 4 is 44.7 Å². The summed E-state index contributed by atoms with van der Waals surface area (Å²) in [6.45, 7) is 20.1. The molecule has 8 atom stereocenters. The average Bonchev–Trinajstić information content (AvgIpc) is 2.40. The molecule has 89 heavy (non-hydrogen) atoms. The lowest BCUT2D eigenvalue weighted by molar-refractivity contribution is -0.182. The van der Waals surface area contributed by atoms with Crippen LogP contribution in [0.1, 0.15) is 90.4 Å². The molecular formula is C64H95N3O21S. The highest BCUT2D eigenvalue weighted by atomic mass is 32.2. The minimum atomic E-state index is -3.84. The molecule has 0 fully saturated rings. The van der Waals surface area contributed by atoms with Crippen molar-refractivity contribution in [2.75, 3.05) is 113 Å². The van der Waals surface area contributed by atoms with Crippen LogP contribution in [-0.2, 0) is 71.8 Å². The second-order valence-corrected chi connectivity index (χ2v) is 23.5. The number of hydrogen-bond donors (Lipinski definition) is 5. The monoisotopic (exact) mass is 1270 g/mol. The van der Waals surface area contributed by atoms with Crippen molar-refractivity contribution in [3.8, 4) is 5.75 Å². The first-order chi connectivity index (χ1) is 42.7. The Bertz CT molecular complexity index is 2850. The number of methoxy groups -OCH3 is 2. The van der Waals surface area contributed by atoms with Gasteiger partial charge in [-0.25, -0.2) is 18.0 Å². The number of ether oxygens (including phenoxy) is 11. The van der Waals surface area contributed by atoms with Gasteiger partial charge < -0.3 is 77.8 Å². The number of allylic oxidation sites excluding steroid dienone is 3. The number of rotatable bonds is 35. The second kappa shape index (κ2) is 39.8. The largest absolute Gasteiger partial charge is 0.497 e. The Morgan fingerprint density at radius 1 is 0.764 bits per heavy atom. The molecular weight excluding hydrogens is 1180 g/mol. The Hall–Kier alpha value is -6.23. The van der Waals surface area contributed by atoms with Crippen molar-refractivity contribution < 1.29 is 100 Å². The van der Waals surface area contributed by atoms with Crippen molar-refractivity contribution in [3.63, 3.8) is 0 Å². The topological polar surface area (TPSA) is 305 Å². The van der Waals surface area contributed by atoms with Crippen LogP contribution < -0.4 is 10.1 Å². The summed E-state index contributed by atoms with van der Waals surface area (Å²) in [5.41, 5.74) is 1.70. The lowest BCUT2D eigenvalue weighted by Gasteiger charge is -2.38. The highest BCUT2D eigenvalue weighted by Gasteiger charge is 2.41. The summed E-state index contributed by atoms with van der Waals surface area (Å²) >= 11 is 0. The van der Waals surface area contributed by atoms with Gasteiger partial charge in [0.25, 0.3) is 5.91 Å². The lowest BCUT2D eigenvalue weighted by Crippen LogP contribution is -2.39. The summed E-state index contributed by atoms with van der Waals surface area (Å²) < 4.78 is 89.2. The fourth-order valence-corrected chi connectivity index (χ4v) is 11.7. The molecule has 3 aliphatic heterocycles. The number of aliphatic carboxylic acids is 1. The van der Waals surface area contributed by atoms with Gasteiger partial charge in [0.1, 0.15) is 12.4 Å². The molecule has 6 rings (SSSR count). The molecule has 0 saturated heterocycles. The van der Waals surface area contributed by atoms with Gasteiger partial charge in [0, 0.05) is 95.9 Å². The fraction of sp³-hybridized carbons (Fsp3) is 0.594. The quantitative estimate of drug-likeness (QED) is 0.0230. The number of carbonyl (C=O) groups is 4. The van der Waals surface area contributed by atoms with E-state index in [-0.39, 0.29) is 122 Å². The number of sulfonamides is 1. The fourth-order valence-electron chi connectivity index (χ4n) is 10.3. The van der Waals surface area contributed by atoms with Gasteiger partial charge in [0.05, 0.1) is 63.8 Å². The number of fused-ring (bicyclic) bond motifs is 1. The number of amides is 1.